The lowest BCUT2D eigenvalue weighted by atomic mass is 9.94. The van der Waals surface area contributed by atoms with Crippen LogP contribution in [-0.4, -0.2) is 36.8 Å². The Morgan fingerprint density at radius 3 is 2.92 bits per heavy atom. The van der Waals surface area contributed by atoms with Crippen LogP contribution in [0.5, 0.6) is 0 Å². The summed E-state index contributed by atoms with van der Waals surface area (Å²) in [6.07, 6.45) is 4.45. The van der Waals surface area contributed by atoms with Crippen LogP contribution in [-0.2, 0) is 4.74 Å². The van der Waals surface area contributed by atoms with Gasteiger partial charge < -0.3 is 10.1 Å². The van der Waals surface area contributed by atoms with Gasteiger partial charge in [0.25, 0.3) is 0 Å². The first-order valence-corrected chi connectivity index (χ1v) is 6.40. The van der Waals surface area contributed by atoms with Gasteiger partial charge in [-0.25, -0.2) is 0 Å². The van der Waals surface area contributed by atoms with E-state index in [0.717, 1.165) is 26.0 Å². The van der Waals surface area contributed by atoms with E-state index in [-0.39, 0.29) is 5.60 Å². The minimum atomic E-state index is 0.0786. The molecule has 1 fully saturated rings. The lowest BCUT2D eigenvalue weighted by Gasteiger charge is -2.35. The van der Waals surface area contributed by atoms with E-state index in [2.05, 4.69) is 25.4 Å². The molecule has 0 aromatic rings. The highest BCUT2D eigenvalue weighted by atomic mass is 32.2. The predicted molar refractivity (Wildman–Crippen MR) is 59.4 cm³/mol. The Hall–Kier alpha value is 0.270. The van der Waals surface area contributed by atoms with E-state index < -0.39 is 0 Å². The van der Waals surface area contributed by atoms with Crippen LogP contribution >= 0.6 is 11.8 Å². The summed E-state index contributed by atoms with van der Waals surface area (Å²) in [6, 6.07) is 0.663. The molecule has 0 aromatic carbocycles. The number of hydrogen-bond acceptors (Lipinski definition) is 3. The van der Waals surface area contributed by atoms with Crippen molar-refractivity contribution < 1.29 is 4.74 Å². The zero-order valence-electron chi connectivity index (χ0n) is 8.93. The lowest BCUT2D eigenvalue weighted by molar-refractivity contribution is -0.0625. The topological polar surface area (TPSA) is 21.3 Å². The summed E-state index contributed by atoms with van der Waals surface area (Å²) in [7, 11) is 0. The summed E-state index contributed by atoms with van der Waals surface area (Å²) >= 11 is 1.90. The van der Waals surface area contributed by atoms with E-state index in [9.17, 15) is 0 Å². The Balaban J connectivity index is 2.19. The molecule has 0 bridgehead atoms. The number of ether oxygens (including phenoxy) is 1. The van der Waals surface area contributed by atoms with Gasteiger partial charge in [-0.1, -0.05) is 0 Å². The zero-order valence-corrected chi connectivity index (χ0v) is 9.75. The first-order chi connectivity index (χ1) is 6.14. The van der Waals surface area contributed by atoms with Crippen molar-refractivity contribution in [2.45, 2.75) is 38.3 Å². The van der Waals surface area contributed by atoms with Crippen LogP contribution in [0.1, 0.15) is 26.7 Å². The van der Waals surface area contributed by atoms with Crippen molar-refractivity contribution in [3.63, 3.8) is 0 Å². The molecule has 0 aliphatic carbocycles. The molecule has 78 valence electrons. The molecule has 13 heavy (non-hydrogen) atoms. The van der Waals surface area contributed by atoms with E-state index in [1.165, 1.54) is 5.75 Å². The Morgan fingerprint density at radius 2 is 2.31 bits per heavy atom. The highest BCUT2D eigenvalue weighted by molar-refractivity contribution is 7.98. The molecule has 3 heteroatoms. The SMILES string of the molecule is CSCCNC1CCOC(C)(C)C1. The third kappa shape index (κ3) is 4.34. The maximum Gasteiger partial charge on any atom is 0.0641 e. The fourth-order valence-electron chi connectivity index (χ4n) is 1.77. The van der Waals surface area contributed by atoms with Gasteiger partial charge in [0.15, 0.2) is 0 Å². The minimum Gasteiger partial charge on any atom is -0.375 e. The van der Waals surface area contributed by atoms with Crippen molar-refractivity contribution in [3.05, 3.63) is 0 Å². The fraction of sp³-hybridized carbons (Fsp3) is 1.00. The minimum absolute atomic E-state index is 0.0786. The number of nitrogens with one attached hydrogen (secondary N) is 1. The van der Waals surface area contributed by atoms with Crippen LogP contribution < -0.4 is 5.32 Å². The second kappa shape index (κ2) is 5.23. The van der Waals surface area contributed by atoms with Crippen LogP contribution in [0.15, 0.2) is 0 Å². The normalized spacial score (nSPS) is 27.5. The number of hydrogen-bond donors (Lipinski definition) is 1. The standard InChI is InChI=1S/C10H21NOS/c1-10(2)8-9(4-6-12-10)11-5-7-13-3/h9,11H,4-8H2,1-3H3. The molecular weight excluding hydrogens is 182 g/mol. The first-order valence-electron chi connectivity index (χ1n) is 5.00. The summed E-state index contributed by atoms with van der Waals surface area (Å²) in [5.41, 5.74) is 0.0786. The monoisotopic (exact) mass is 203 g/mol. The van der Waals surface area contributed by atoms with Gasteiger partial charge in [-0.3, -0.25) is 0 Å². The number of thioether (sulfide) groups is 1. The van der Waals surface area contributed by atoms with E-state index >= 15 is 0 Å². The Labute approximate surface area is 85.8 Å². The number of rotatable bonds is 4. The van der Waals surface area contributed by atoms with Crippen LogP contribution in [0.4, 0.5) is 0 Å². The van der Waals surface area contributed by atoms with Crippen LogP contribution in [0.2, 0.25) is 0 Å². The van der Waals surface area contributed by atoms with Crippen molar-refractivity contribution in [1.29, 1.82) is 0 Å². The smallest absolute Gasteiger partial charge is 0.0641 e. The van der Waals surface area contributed by atoms with Gasteiger partial charge in [0.2, 0.25) is 0 Å². The van der Waals surface area contributed by atoms with Crippen molar-refractivity contribution in [1.82, 2.24) is 5.32 Å². The van der Waals surface area contributed by atoms with Crippen molar-refractivity contribution >= 4 is 11.8 Å². The molecule has 0 spiro atoms. The van der Waals surface area contributed by atoms with Crippen molar-refractivity contribution in [3.8, 4) is 0 Å². The van der Waals surface area contributed by atoms with E-state index in [1.54, 1.807) is 0 Å². The van der Waals surface area contributed by atoms with E-state index in [4.69, 9.17) is 4.74 Å². The van der Waals surface area contributed by atoms with E-state index in [0.29, 0.717) is 6.04 Å². The molecule has 0 aromatic heterocycles. The maximum absolute atomic E-state index is 5.66. The van der Waals surface area contributed by atoms with Gasteiger partial charge in [0.1, 0.15) is 0 Å². The van der Waals surface area contributed by atoms with Gasteiger partial charge in [-0.2, -0.15) is 11.8 Å². The molecular formula is C10H21NOS. The Kier molecular flexibility index (Phi) is 4.56. The van der Waals surface area contributed by atoms with Crippen LogP contribution in [0, 0.1) is 0 Å². The molecule has 1 N–H and O–H groups in total. The highest BCUT2D eigenvalue weighted by Gasteiger charge is 2.28. The van der Waals surface area contributed by atoms with Gasteiger partial charge >= 0.3 is 0 Å². The molecule has 1 unspecified atom stereocenters. The summed E-state index contributed by atoms with van der Waals surface area (Å²) in [5.74, 6) is 1.21. The van der Waals surface area contributed by atoms with Gasteiger partial charge in [0, 0.05) is 24.9 Å². The van der Waals surface area contributed by atoms with Crippen molar-refractivity contribution in [2.75, 3.05) is 25.2 Å². The second-order valence-electron chi connectivity index (χ2n) is 4.24. The molecule has 1 rings (SSSR count). The van der Waals surface area contributed by atoms with Crippen LogP contribution in [0.25, 0.3) is 0 Å². The molecule has 0 saturated carbocycles. The Bertz CT molecular complexity index is 150. The Morgan fingerprint density at radius 1 is 1.54 bits per heavy atom. The molecule has 1 aliphatic heterocycles. The molecule has 0 amide bonds. The zero-order chi connectivity index (χ0) is 9.73. The largest absolute Gasteiger partial charge is 0.375 e. The van der Waals surface area contributed by atoms with Gasteiger partial charge in [-0.15, -0.1) is 0 Å². The summed E-state index contributed by atoms with van der Waals surface area (Å²) < 4.78 is 5.66. The first kappa shape index (κ1) is 11.3. The fourth-order valence-corrected chi connectivity index (χ4v) is 2.09. The second-order valence-corrected chi connectivity index (χ2v) is 5.23. The summed E-state index contributed by atoms with van der Waals surface area (Å²) in [5, 5.41) is 3.58. The predicted octanol–water partition coefficient (Wildman–Crippen LogP) is 1.90. The highest BCUT2D eigenvalue weighted by Crippen LogP contribution is 2.23. The molecule has 2 nitrogen and oxygen atoms in total. The molecule has 1 aliphatic rings. The van der Waals surface area contributed by atoms with Crippen LogP contribution in [0.3, 0.4) is 0 Å². The van der Waals surface area contributed by atoms with E-state index in [1.807, 2.05) is 11.8 Å². The summed E-state index contributed by atoms with van der Waals surface area (Å²) in [6.45, 7) is 6.39. The van der Waals surface area contributed by atoms with Crippen molar-refractivity contribution in [2.24, 2.45) is 0 Å². The quantitative estimate of drug-likeness (QED) is 0.705. The average Bonchev–Trinajstić information content (AvgIpc) is 2.03. The summed E-state index contributed by atoms with van der Waals surface area (Å²) in [4.78, 5) is 0. The molecule has 1 atom stereocenters. The molecule has 1 heterocycles. The van der Waals surface area contributed by atoms with Gasteiger partial charge in [0.05, 0.1) is 5.60 Å². The average molecular weight is 203 g/mol. The molecule has 1 saturated heterocycles. The lowest BCUT2D eigenvalue weighted by Crippen LogP contribution is -2.44. The molecule has 0 radical (unpaired) electrons. The third-order valence-electron chi connectivity index (χ3n) is 2.44. The maximum atomic E-state index is 5.66. The van der Waals surface area contributed by atoms with Gasteiger partial charge in [-0.05, 0) is 32.9 Å². The third-order valence-corrected chi connectivity index (χ3v) is 3.05.